The quantitative estimate of drug-likeness (QED) is 0.818. The number of carbonyl (C=O) groups is 1. The van der Waals surface area contributed by atoms with Crippen molar-refractivity contribution in [2.45, 2.75) is 18.9 Å². The molecule has 3 nitrogen and oxygen atoms in total. The van der Waals surface area contributed by atoms with E-state index in [4.69, 9.17) is 28.3 Å². The molecule has 5 heteroatoms. The summed E-state index contributed by atoms with van der Waals surface area (Å²) in [6.07, 6.45) is 2.19. The minimum atomic E-state index is -0.0529. The Labute approximate surface area is 116 Å². The second-order valence-electron chi connectivity index (χ2n) is 4.47. The third-order valence-electron chi connectivity index (χ3n) is 3.03. The molecule has 18 heavy (non-hydrogen) atoms. The number of nitrogens with zero attached hydrogens (tertiary/aromatic N) is 1. The third kappa shape index (κ3) is 3.45. The van der Waals surface area contributed by atoms with E-state index < -0.39 is 0 Å². The Balaban J connectivity index is 2.07. The topological polar surface area (TPSA) is 40.5 Å². The Morgan fingerprint density at radius 3 is 2.72 bits per heavy atom. The van der Waals surface area contributed by atoms with Gasteiger partial charge in [0.05, 0.1) is 18.2 Å². The van der Waals surface area contributed by atoms with Gasteiger partial charge >= 0.3 is 0 Å². The van der Waals surface area contributed by atoms with Gasteiger partial charge < -0.3 is 5.11 Å². The molecule has 98 valence electrons. The summed E-state index contributed by atoms with van der Waals surface area (Å²) in [4.78, 5) is 14.2. The average Bonchev–Trinajstić information content (AvgIpc) is 3.15. The van der Waals surface area contributed by atoms with E-state index in [1.807, 2.05) is 4.90 Å². The van der Waals surface area contributed by atoms with Crippen LogP contribution < -0.4 is 0 Å². The van der Waals surface area contributed by atoms with Crippen LogP contribution in [0.5, 0.6) is 0 Å². The standard InChI is InChI=1S/C13H15Cl2NO2/c14-9-1-4-12(15)11(7-9)13(18)8-16(5-6-17)10-2-3-10/h1,4,7,10,17H,2-3,5-6,8H2. The minimum Gasteiger partial charge on any atom is -0.395 e. The molecule has 0 amide bonds. The molecule has 1 N–H and O–H groups in total. The predicted octanol–water partition coefficient (Wildman–Crippen LogP) is 2.63. The lowest BCUT2D eigenvalue weighted by molar-refractivity contribution is 0.0907. The number of Topliss-reactive ketones (excluding diaryl/α,β-unsaturated/α-hetero) is 1. The molecular formula is C13H15Cl2NO2. The van der Waals surface area contributed by atoms with E-state index in [-0.39, 0.29) is 18.9 Å². The molecule has 1 aromatic rings. The van der Waals surface area contributed by atoms with Gasteiger partial charge in [-0.25, -0.2) is 0 Å². The normalized spacial score (nSPS) is 15.1. The van der Waals surface area contributed by atoms with E-state index >= 15 is 0 Å². The zero-order chi connectivity index (χ0) is 13.1. The van der Waals surface area contributed by atoms with Gasteiger partial charge in [0.2, 0.25) is 0 Å². The van der Waals surface area contributed by atoms with Crippen molar-refractivity contribution < 1.29 is 9.90 Å². The third-order valence-corrected chi connectivity index (χ3v) is 3.59. The van der Waals surface area contributed by atoms with Crippen molar-refractivity contribution in [2.75, 3.05) is 19.7 Å². The van der Waals surface area contributed by atoms with Crippen LogP contribution in [0.25, 0.3) is 0 Å². The van der Waals surface area contributed by atoms with E-state index in [1.165, 1.54) is 0 Å². The molecule has 0 saturated heterocycles. The molecule has 1 aliphatic rings. The Morgan fingerprint density at radius 1 is 1.39 bits per heavy atom. The van der Waals surface area contributed by atoms with Crippen LogP contribution in [0.4, 0.5) is 0 Å². The van der Waals surface area contributed by atoms with Crippen molar-refractivity contribution in [1.82, 2.24) is 4.90 Å². The Morgan fingerprint density at radius 2 is 2.11 bits per heavy atom. The van der Waals surface area contributed by atoms with Crippen LogP contribution in [0, 0.1) is 0 Å². The zero-order valence-corrected chi connectivity index (χ0v) is 11.4. The number of ketones is 1. The average molecular weight is 288 g/mol. The molecular weight excluding hydrogens is 273 g/mol. The molecule has 0 aliphatic heterocycles. The maximum Gasteiger partial charge on any atom is 0.178 e. The van der Waals surface area contributed by atoms with Crippen molar-refractivity contribution in [3.8, 4) is 0 Å². The number of aliphatic hydroxyl groups is 1. The number of hydrogen-bond donors (Lipinski definition) is 1. The highest BCUT2D eigenvalue weighted by atomic mass is 35.5. The molecule has 1 fully saturated rings. The number of carbonyl (C=O) groups excluding carboxylic acids is 1. The molecule has 0 heterocycles. The summed E-state index contributed by atoms with van der Waals surface area (Å²) in [5, 5.41) is 9.92. The monoisotopic (exact) mass is 287 g/mol. The van der Waals surface area contributed by atoms with Gasteiger partial charge in [-0.15, -0.1) is 0 Å². The van der Waals surface area contributed by atoms with Gasteiger partial charge in [0, 0.05) is 23.2 Å². The lowest BCUT2D eigenvalue weighted by Crippen LogP contribution is -2.34. The molecule has 0 aromatic heterocycles. The first-order valence-corrected chi connectivity index (χ1v) is 6.70. The van der Waals surface area contributed by atoms with Gasteiger partial charge in [-0.1, -0.05) is 23.2 Å². The van der Waals surface area contributed by atoms with Crippen molar-refractivity contribution in [1.29, 1.82) is 0 Å². The number of hydrogen-bond acceptors (Lipinski definition) is 3. The molecule has 1 aliphatic carbocycles. The van der Waals surface area contributed by atoms with Crippen LogP contribution in [0.15, 0.2) is 18.2 Å². The molecule has 1 saturated carbocycles. The number of halogens is 2. The molecule has 2 rings (SSSR count). The van der Waals surface area contributed by atoms with Crippen LogP contribution in [0.1, 0.15) is 23.2 Å². The smallest absolute Gasteiger partial charge is 0.178 e. The van der Waals surface area contributed by atoms with E-state index in [1.54, 1.807) is 18.2 Å². The van der Waals surface area contributed by atoms with Gasteiger partial charge in [-0.3, -0.25) is 9.69 Å². The van der Waals surface area contributed by atoms with E-state index in [2.05, 4.69) is 0 Å². The SMILES string of the molecule is O=C(CN(CCO)C1CC1)c1cc(Cl)ccc1Cl. The fraction of sp³-hybridized carbons (Fsp3) is 0.462. The Bertz CT molecular complexity index is 447. The fourth-order valence-electron chi connectivity index (χ4n) is 1.94. The highest BCUT2D eigenvalue weighted by molar-refractivity contribution is 6.36. The fourth-order valence-corrected chi connectivity index (χ4v) is 2.33. The van der Waals surface area contributed by atoms with Crippen LogP contribution in [0.3, 0.4) is 0 Å². The number of benzene rings is 1. The van der Waals surface area contributed by atoms with Crippen molar-refractivity contribution in [3.63, 3.8) is 0 Å². The molecule has 1 aromatic carbocycles. The summed E-state index contributed by atoms with van der Waals surface area (Å²) >= 11 is 11.9. The predicted molar refractivity (Wildman–Crippen MR) is 72.5 cm³/mol. The molecule has 0 spiro atoms. The highest BCUT2D eigenvalue weighted by Gasteiger charge is 2.30. The van der Waals surface area contributed by atoms with Gasteiger partial charge in [0.1, 0.15) is 0 Å². The second kappa shape index (κ2) is 6.02. The van der Waals surface area contributed by atoms with Crippen LogP contribution in [-0.4, -0.2) is 41.5 Å². The zero-order valence-electron chi connectivity index (χ0n) is 9.90. The summed E-state index contributed by atoms with van der Waals surface area (Å²) in [5.41, 5.74) is 0.452. The molecule has 0 bridgehead atoms. The van der Waals surface area contributed by atoms with Crippen molar-refractivity contribution in [2.24, 2.45) is 0 Å². The van der Waals surface area contributed by atoms with E-state index in [9.17, 15) is 4.79 Å². The van der Waals surface area contributed by atoms with Crippen LogP contribution >= 0.6 is 23.2 Å². The highest BCUT2D eigenvalue weighted by Crippen LogP contribution is 2.27. The minimum absolute atomic E-state index is 0.0529. The lowest BCUT2D eigenvalue weighted by Gasteiger charge is -2.20. The lowest BCUT2D eigenvalue weighted by atomic mass is 10.1. The second-order valence-corrected chi connectivity index (χ2v) is 5.32. The first-order valence-electron chi connectivity index (χ1n) is 5.95. The summed E-state index contributed by atoms with van der Waals surface area (Å²) < 4.78 is 0. The maximum absolute atomic E-state index is 12.2. The van der Waals surface area contributed by atoms with Crippen LogP contribution in [0.2, 0.25) is 10.0 Å². The first-order chi connectivity index (χ1) is 8.61. The molecule has 0 atom stereocenters. The molecule has 0 unspecified atom stereocenters. The van der Waals surface area contributed by atoms with Gasteiger partial charge in [-0.2, -0.15) is 0 Å². The maximum atomic E-state index is 12.2. The summed E-state index contributed by atoms with van der Waals surface area (Å²) in [7, 11) is 0. The first kappa shape index (κ1) is 13.8. The number of aliphatic hydroxyl groups excluding tert-OH is 1. The summed E-state index contributed by atoms with van der Waals surface area (Å²) in [6, 6.07) is 5.31. The summed E-state index contributed by atoms with van der Waals surface area (Å²) in [5.74, 6) is -0.0529. The van der Waals surface area contributed by atoms with E-state index in [0.717, 1.165) is 12.8 Å². The Hall–Kier alpha value is -0.610. The van der Waals surface area contributed by atoms with E-state index in [0.29, 0.717) is 28.2 Å². The summed E-state index contributed by atoms with van der Waals surface area (Å²) in [6.45, 7) is 0.868. The van der Waals surface area contributed by atoms with Crippen molar-refractivity contribution >= 4 is 29.0 Å². The Kier molecular flexibility index (Phi) is 4.62. The van der Waals surface area contributed by atoms with Gasteiger partial charge in [-0.05, 0) is 31.0 Å². The van der Waals surface area contributed by atoms with Crippen molar-refractivity contribution in [3.05, 3.63) is 33.8 Å². The van der Waals surface area contributed by atoms with Gasteiger partial charge in [0.25, 0.3) is 0 Å². The van der Waals surface area contributed by atoms with Crippen LogP contribution in [-0.2, 0) is 0 Å². The largest absolute Gasteiger partial charge is 0.395 e. The van der Waals surface area contributed by atoms with Gasteiger partial charge in [0.15, 0.2) is 5.78 Å². The number of rotatable bonds is 6. The molecule has 0 radical (unpaired) electrons.